The van der Waals surface area contributed by atoms with E-state index in [0.29, 0.717) is 44.1 Å². The van der Waals surface area contributed by atoms with Gasteiger partial charge in [-0.2, -0.15) is 0 Å². The first-order valence-corrected chi connectivity index (χ1v) is 17.8. The molecule has 5 rings (SSSR count). The van der Waals surface area contributed by atoms with Crippen LogP contribution in [0.2, 0.25) is 10.0 Å². The molecule has 1 aromatic heterocycles. The molecule has 0 saturated heterocycles. The standard InChI is InChI=1S/C37H40Cl2FN5O5S/c1-3-20(2)30(33(41)51)43-35(48)37(14-13-29-26(18-37)25-16-23(38)17-27(39)31(25)42-29)44-34(47)32(28(40)15-21-9-11-24(46)12-10-21)45(36(49)50)19-22-7-5-4-6-8-22/h4-12,16-17,20,28,30,32,42,46H,3,13-15,18-19H2,1-2H3,(H2,41,51)(H,43,48)(H,44,47)(H,49,50)/t20-,28?,30-,32?,37+/m0/s1. The molecule has 0 fully saturated rings. The van der Waals surface area contributed by atoms with Crippen molar-refractivity contribution in [1.82, 2.24) is 20.5 Å². The molecule has 0 aliphatic heterocycles. The van der Waals surface area contributed by atoms with Gasteiger partial charge in [-0.05, 0) is 59.7 Å². The maximum atomic E-state index is 16.7. The van der Waals surface area contributed by atoms with Crippen molar-refractivity contribution < 1.29 is 29.0 Å². The summed E-state index contributed by atoms with van der Waals surface area (Å²) in [5.74, 6) is -1.77. The number of halogens is 3. The van der Waals surface area contributed by atoms with Crippen LogP contribution in [0.5, 0.6) is 5.75 Å². The second-order valence-corrected chi connectivity index (χ2v) is 14.4. The summed E-state index contributed by atoms with van der Waals surface area (Å²) in [6.07, 6.45) is -2.97. The number of nitrogens with one attached hydrogen (secondary N) is 3. The van der Waals surface area contributed by atoms with Crippen molar-refractivity contribution in [3.63, 3.8) is 0 Å². The van der Waals surface area contributed by atoms with Crippen molar-refractivity contribution in [3.05, 3.63) is 99.2 Å². The van der Waals surface area contributed by atoms with E-state index in [1.807, 2.05) is 13.8 Å². The van der Waals surface area contributed by atoms with Crippen LogP contribution in [0.3, 0.4) is 0 Å². The number of alkyl halides is 1. The van der Waals surface area contributed by atoms with E-state index in [1.54, 1.807) is 42.5 Å². The van der Waals surface area contributed by atoms with Gasteiger partial charge in [0.05, 0.1) is 21.6 Å². The number of thiocarbonyl (C=S) groups is 1. The maximum absolute atomic E-state index is 16.7. The average molecular weight is 757 g/mol. The summed E-state index contributed by atoms with van der Waals surface area (Å²) in [5, 5.41) is 27.4. The number of amides is 3. The van der Waals surface area contributed by atoms with Crippen LogP contribution < -0.4 is 16.4 Å². The van der Waals surface area contributed by atoms with Gasteiger partial charge in [-0.15, -0.1) is 0 Å². The van der Waals surface area contributed by atoms with Crippen LogP contribution in [-0.2, 0) is 35.4 Å². The molecule has 1 aliphatic rings. The van der Waals surface area contributed by atoms with Gasteiger partial charge in [0.1, 0.15) is 23.5 Å². The molecule has 3 aromatic carbocycles. The number of nitrogens with two attached hydrogens (primary N) is 1. The summed E-state index contributed by atoms with van der Waals surface area (Å²) in [6, 6.07) is 15.0. The van der Waals surface area contributed by atoms with E-state index in [4.69, 9.17) is 41.2 Å². The Kier molecular flexibility index (Phi) is 11.8. The number of H-pyrrole nitrogens is 1. The number of hydrogen-bond acceptors (Lipinski definition) is 5. The highest BCUT2D eigenvalue weighted by Gasteiger charge is 2.48. The molecule has 14 heteroatoms. The molecule has 7 N–H and O–H groups in total. The molecule has 0 bridgehead atoms. The lowest BCUT2D eigenvalue weighted by molar-refractivity contribution is -0.138. The van der Waals surface area contributed by atoms with E-state index < -0.39 is 41.7 Å². The second-order valence-electron chi connectivity index (χ2n) is 13.1. The number of nitrogens with zero attached hydrogens (tertiary/aromatic N) is 1. The number of fused-ring (bicyclic) bond motifs is 3. The van der Waals surface area contributed by atoms with Gasteiger partial charge in [-0.1, -0.05) is 98.2 Å². The fourth-order valence-corrected chi connectivity index (χ4v) is 7.51. The van der Waals surface area contributed by atoms with Crippen LogP contribution in [0, 0.1) is 5.92 Å². The molecule has 1 aliphatic carbocycles. The lowest BCUT2D eigenvalue weighted by Gasteiger charge is -2.40. The maximum Gasteiger partial charge on any atom is 0.408 e. The largest absolute Gasteiger partial charge is 0.508 e. The van der Waals surface area contributed by atoms with Gasteiger partial charge in [-0.25, -0.2) is 9.18 Å². The van der Waals surface area contributed by atoms with Crippen molar-refractivity contribution in [3.8, 4) is 5.75 Å². The number of rotatable bonds is 13. The summed E-state index contributed by atoms with van der Waals surface area (Å²) in [6.45, 7) is 3.52. The number of carbonyl (C=O) groups is 3. The number of carboxylic acid groups (broad SMARTS) is 1. The minimum Gasteiger partial charge on any atom is -0.508 e. The number of aromatic nitrogens is 1. The lowest BCUT2D eigenvalue weighted by Crippen LogP contribution is -2.67. The van der Waals surface area contributed by atoms with Gasteiger partial charge in [0, 0.05) is 35.5 Å². The molecule has 4 aromatic rings. The van der Waals surface area contributed by atoms with E-state index in [0.717, 1.165) is 10.6 Å². The Morgan fingerprint density at radius 2 is 1.78 bits per heavy atom. The van der Waals surface area contributed by atoms with Gasteiger partial charge < -0.3 is 31.6 Å². The smallest absolute Gasteiger partial charge is 0.408 e. The third-order valence-electron chi connectivity index (χ3n) is 9.66. The zero-order valence-corrected chi connectivity index (χ0v) is 30.4. The number of aromatic hydroxyl groups is 1. The summed E-state index contributed by atoms with van der Waals surface area (Å²) >= 11 is 18.2. The van der Waals surface area contributed by atoms with E-state index >= 15 is 4.39 Å². The Morgan fingerprint density at radius 3 is 2.41 bits per heavy atom. The SMILES string of the molecule is CC[C@H](C)[C@H](NC(=O)[C@@]1(NC(=O)C(C(F)Cc2ccc(O)cc2)N(Cc2ccccc2)C(=O)O)CCc2[nH]c3c(Cl)cc(Cl)cc3c2C1)C(N)=S. The number of carbonyl (C=O) groups excluding carboxylic acids is 2. The molecular weight excluding hydrogens is 716 g/mol. The van der Waals surface area contributed by atoms with Crippen LogP contribution in [0.1, 0.15) is 49.1 Å². The summed E-state index contributed by atoms with van der Waals surface area (Å²) < 4.78 is 16.7. The third-order valence-corrected chi connectivity index (χ3v) is 10.4. The number of phenols is 1. The Bertz CT molecular complexity index is 1930. The number of phenolic OH excluding ortho intramolecular Hbond substituents is 1. The minimum absolute atomic E-state index is 0.0307. The highest BCUT2D eigenvalue weighted by atomic mass is 35.5. The Hall–Kier alpha value is -4.39. The van der Waals surface area contributed by atoms with Crippen LogP contribution in [0.4, 0.5) is 9.18 Å². The quantitative estimate of drug-likeness (QED) is 0.0853. The minimum atomic E-state index is -2.05. The molecule has 10 nitrogen and oxygen atoms in total. The molecule has 1 heterocycles. The van der Waals surface area contributed by atoms with Gasteiger partial charge in [0.15, 0.2) is 0 Å². The van der Waals surface area contributed by atoms with Crippen LogP contribution in [0.15, 0.2) is 66.7 Å². The van der Waals surface area contributed by atoms with Gasteiger partial charge in [0.2, 0.25) is 11.8 Å². The predicted molar refractivity (Wildman–Crippen MR) is 200 cm³/mol. The van der Waals surface area contributed by atoms with Crippen LogP contribution in [0.25, 0.3) is 10.9 Å². The van der Waals surface area contributed by atoms with E-state index in [-0.39, 0.29) is 48.9 Å². The molecule has 5 atom stereocenters. The van der Waals surface area contributed by atoms with Crippen molar-refractivity contribution in [1.29, 1.82) is 0 Å². The second kappa shape index (κ2) is 15.9. The first-order chi connectivity index (χ1) is 24.2. The number of hydrogen-bond donors (Lipinski definition) is 6. The first kappa shape index (κ1) is 37.9. The van der Waals surface area contributed by atoms with Gasteiger partial charge in [0.25, 0.3) is 0 Å². The molecule has 3 amide bonds. The first-order valence-electron chi connectivity index (χ1n) is 16.6. The summed E-state index contributed by atoms with van der Waals surface area (Å²) in [4.78, 5) is 46.1. The summed E-state index contributed by atoms with van der Waals surface area (Å²) in [7, 11) is 0. The molecule has 270 valence electrons. The van der Waals surface area contributed by atoms with E-state index in [1.165, 1.54) is 24.3 Å². The molecule has 0 spiro atoms. The highest BCUT2D eigenvalue weighted by Crippen LogP contribution is 2.38. The molecule has 2 unspecified atom stereocenters. The highest BCUT2D eigenvalue weighted by molar-refractivity contribution is 7.80. The van der Waals surface area contributed by atoms with Crippen LogP contribution in [-0.4, -0.2) is 66.8 Å². The molecule has 51 heavy (non-hydrogen) atoms. The topological polar surface area (TPSA) is 161 Å². The molecule has 0 saturated carbocycles. The van der Waals surface area contributed by atoms with Crippen molar-refractivity contribution >= 4 is 69.2 Å². The molecular formula is C37H40Cl2FN5O5S. The van der Waals surface area contributed by atoms with Crippen molar-refractivity contribution in [2.75, 3.05) is 0 Å². The van der Waals surface area contributed by atoms with E-state index in [9.17, 15) is 24.6 Å². The zero-order valence-electron chi connectivity index (χ0n) is 28.1. The third kappa shape index (κ3) is 8.40. The normalized spacial score (nSPS) is 17.8. The monoisotopic (exact) mass is 755 g/mol. The van der Waals surface area contributed by atoms with Gasteiger partial charge >= 0.3 is 6.09 Å². The Morgan fingerprint density at radius 1 is 1.10 bits per heavy atom. The van der Waals surface area contributed by atoms with Crippen molar-refractivity contribution in [2.45, 2.75) is 76.3 Å². The van der Waals surface area contributed by atoms with Crippen molar-refractivity contribution in [2.24, 2.45) is 11.7 Å². The average Bonchev–Trinajstić information content (AvgIpc) is 3.45. The van der Waals surface area contributed by atoms with Crippen LogP contribution >= 0.6 is 35.4 Å². The number of aryl methyl sites for hydroxylation is 1. The number of benzene rings is 3. The zero-order chi connectivity index (χ0) is 37.0. The summed E-state index contributed by atoms with van der Waals surface area (Å²) in [5.41, 5.74) is 7.45. The fraction of sp³-hybridized carbons (Fsp3) is 0.351. The predicted octanol–water partition coefficient (Wildman–Crippen LogP) is 6.47. The fourth-order valence-electron chi connectivity index (χ4n) is 6.68. The lowest BCUT2D eigenvalue weighted by atomic mass is 9.78. The van der Waals surface area contributed by atoms with Gasteiger partial charge in [-0.3, -0.25) is 14.5 Å². The number of aromatic amines is 1. The Balaban J connectivity index is 1.59. The van der Waals surface area contributed by atoms with E-state index in [2.05, 4.69) is 15.6 Å². The molecule has 0 radical (unpaired) electrons. The Labute approximate surface area is 310 Å².